The molecule has 0 saturated carbocycles. The summed E-state index contributed by atoms with van der Waals surface area (Å²) in [6.07, 6.45) is 0. The predicted octanol–water partition coefficient (Wildman–Crippen LogP) is 13.2. The first-order valence-electron chi connectivity index (χ1n) is 25.7. The summed E-state index contributed by atoms with van der Waals surface area (Å²) in [4.78, 5) is 0. The molecule has 82 heavy (non-hydrogen) atoms. The minimum Gasteiger partial charge on any atom is -0.493 e. The molecule has 10 aromatic rings. The average molecular weight is 1210 g/mol. The van der Waals surface area contributed by atoms with E-state index in [1.54, 1.807) is 12.1 Å². The van der Waals surface area contributed by atoms with Crippen LogP contribution in [0.1, 0.15) is 5.56 Å². The van der Waals surface area contributed by atoms with Crippen molar-refractivity contribution in [2.75, 3.05) is 27.5 Å². The molecule has 13 rings (SSSR count). The molecule has 3 heterocycles. The molecule has 0 amide bonds. The Balaban J connectivity index is 0.000000130. The lowest BCUT2D eigenvalue weighted by Gasteiger charge is -2.22. The Labute approximate surface area is 489 Å². The number of ether oxygens (including phenoxy) is 8. The number of rotatable bonds is 12. The van der Waals surface area contributed by atoms with Crippen LogP contribution in [0.3, 0.4) is 0 Å². The second-order valence-corrected chi connectivity index (χ2v) is 27.9. The number of fused-ring (bicyclic) bond motifs is 3. The van der Waals surface area contributed by atoms with Crippen molar-refractivity contribution < 1.29 is 51.6 Å². The molecule has 0 radical (unpaired) electrons. The van der Waals surface area contributed by atoms with Crippen molar-refractivity contribution in [2.24, 2.45) is 0 Å². The van der Waals surface area contributed by atoms with Crippen molar-refractivity contribution in [1.29, 1.82) is 0 Å². The molecule has 0 spiro atoms. The third-order valence-corrected chi connectivity index (χ3v) is 24.5. The molecular formula is C65H50Cl3O11P3. The summed E-state index contributed by atoms with van der Waals surface area (Å²) in [7, 11) is -8.17. The maximum absolute atomic E-state index is 14.8. The van der Waals surface area contributed by atoms with Gasteiger partial charge in [-0.25, -0.2) is 0 Å². The lowest BCUT2D eigenvalue weighted by atomic mass is 10.2. The minimum absolute atomic E-state index is 0.0185. The molecule has 17 heteroatoms. The van der Waals surface area contributed by atoms with E-state index < -0.39 is 21.4 Å². The minimum atomic E-state index is -3.33. The molecule has 0 atom stereocenters. The lowest BCUT2D eigenvalue weighted by molar-refractivity contribution is 0.171. The summed E-state index contributed by atoms with van der Waals surface area (Å²) in [5.74, 6) is 4.14. The van der Waals surface area contributed by atoms with Gasteiger partial charge < -0.3 is 51.6 Å². The highest BCUT2D eigenvalue weighted by molar-refractivity contribution is 7.86. The van der Waals surface area contributed by atoms with E-state index in [-0.39, 0.29) is 30.4 Å². The van der Waals surface area contributed by atoms with Crippen LogP contribution in [0.5, 0.6) is 51.7 Å². The Morgan fingerprint density at radius 2 is 0.598 bits per heavy atom. The zero-order chi connectivity index (χ0) is 56.8. The molecular weight excluding hydrogens is 1160 g/mol. The van der Waals surface area contributed by atoms with Gasteiger partial charge in [0.05, 0.1) is 22.2 Å². The van der Waals surface area contributed by atoms with E-state index in [2.05, 4.69) is 0 Å². The third-order valence-electron chi connectivity index (χ3n) is 13.7. The Morgan fingerprint density at radius 3 is 0.927 bits per heavy atom. The summed E-state index contributed by atoms with van der Waals surface area (Å²) >= 11 is 20.0. The zero-order valence-electron chi connectivity index (χ0n) is 44.0. The van der Waals surface area contributed by atoms with E-state index in [4.69, 9.17) is 72.7 Å². The average Bonchev–Trinajstić information content (AvgIpc) is 3.62. The maximum Gasteiger partial charge on any atom is 0.231 e. The number of hydrogen-bond donors (Lipinski definition) is 0. The lowest BCUT2D eigenvalue weighted by Crippen LogP contribution is -2.26. The van der Waals surface area contributed by atoms with Gasteiger partial charge in [-0.1, -0.05) is 235 Å². The second-order valence-electron chi connectivity index (χ2n) is 18.6. The van der Waals surface area contributed by atoms with Crippen molar-refractivity contribution >= 4 is 104 Å². The summed E-state index contributed by atoms with van der Waals surface area (Å²) in [5, 5.41) is 6.60. The number of aryl methyl sites for hydroxylation is 1. The third kappa shape index (κ3) is 10.5. The van der Waals surface area contributed by atoms with Crippen LogP contribution in [0.15, 0.2) is 231 Å². The Hall–Kier alpha value is -7.84. The van der Waals surface area contributed by atoms with E-state index in [9.17, 15) is 13.7 Å². The summed E-state index contributed by atoms with van der Waals surface area (Å²) in [6, 6.07) is 70.8. The Kier molecular flexibility index (Phi) is 16.6. The summed E-state index contributed by atoms with van der Waals surface area (Å²) in [5.41, 5.74) is 0.860. The first kappa shape index (κ1) is 56.0. The number of benzene rings is 10. The van der Waals surface area contributed by atoms with Gasteiger partial charge in [-0.2, -0.15) is 0 Å². The van der Waals surface area contributed by atoms with E-state index >= 15 is 0 Å². The van der Waals surface area contributed by atoms with Crippen molar-refractivity contribution in [3.05, 3.63) is 251 Å². The van der Waals surface area contributed by atoms with Crippen LogP contribution >= 0.6 is 56.2 Å². The number of methoxy groups -OCH3 is 1. The van der Waals surface area contributed by atoms with Crippen molar-refractivity contribution in [3.63, 3.8) is 0 Å². The number of para-hydroxylation sites is 1. The fourth-order valence-electron chi connectivity index (χ4n) is 9.81. The van der Waals surface area contributed by atoms with Gasteiger partial charge in [0, 0.05) is 47.7 Å². The molecule has 10 aromatic carbocycles. The number of hydrogen-bond acceptors (Lipinski definition) is 11. The largest absolute Gasteiger partial charge is 0.493 e. The maximum atomic E-state index is 14.8. The van der Waals surface area contributed by atoms with Crippen LogP contribution < -0.4 is 85.6 Å². The highest BCUT2D eigenvalue weighted by atomic mass is 35.5. The SMILES string of the molecule is COc1cc(P(=O)(c2ccccc2)c2ccccc2)c(Cl)c2c1OCO2.Cc1cc(P(=O)(c2ccccc2)c2ccccc2)c(Cl)c2c1OCO2.O=P(c1ccccc1)(c1ccccc1)c1cc(Oc2ccccc2)c2c(c1Cl)OCO2. The molecule has 3 aliphatic rings. The van der Waals surface area contributed by atoms with Gasteiger partial charge >= 0.3 is 0 Å². The van der Waals surface area contributed by atoms with Gasteiger partial charge in [0.25, 0.3) is 0 Å². The van der Waals surface area contributed by atoms with Crippen LogP contribution in [0.2, 0.25) is 15.1 Å². The van der Waals surface area contributed by atoms with Crippen LogP contribution in [0.4, 0.5) is 0 Å². The monoisotopic (exact) mass is 1200 g/mol. The molecule has 412 valence electrons. The molecule has 0 saturated heterocycles. The predicted molar refractivity (Wildman–Crippen MR) is 329 cm³/mol. The second kappa shape index (κ2) is 24.3. The standard InChI is InChI=1S/C25H18ClO4P.C20H16ClO4P.C20H16ClO3P/c26-23-22(31(27,19-12-6-2-7-13-19)20-14-8-3-9-15-20)16-21(24-25(23)29-17-28-24)30-18-10-4-1-5-11-18;1-23-16-12-17(18(21)20-19(16)24-13-25-20)26(22,14-8-4-2-5-9-14)15-10-6-3-7-11-15;1-14-12-17(18(21)20-19(14)23-13-24-20)25(22,15-8-4-2-5-9-15)16-10-6-3-7-11-16/h1-16H,17H2;2-12H,13H2,1H3;2-12H,13H2,1H3. The Bertz CT molecular complexity index is 3930. The molecule has 0 aliphatic carbocycles. The van der Waals surface area contributed by atoms with E-state index in [0.29, 0.717) is 93.9 Å². The normalized spacial score (nSPS) is 12.8. The first-order chi connectivity index (χ1) is 40.0. The summed E-state index contributed by atoms with van der Waals surface area (Å²) in [6.45, 7) is 2.11. The quantitative estimate of drug-likeness (QED) is 0.109. The van der Waals surface area contributed by atoms with Crippen molar-refractivity contribution in [3.8, 4) is 51.7 Å². The van der Waals surface area contributed by atoms with Gasteiger partial charge in [-0.15, -0.1) is 0 Å². The van der Waals surface area contributed by atoms with Gasteiger partial charge in [-0.3, -0.25) is 0 Å². The summed E-state index contributed by atoms with van der Waals surface area (Å²) < 4.78 is 88.5. The Morgan fingerprint density at radius 1 is 0.341 bits per heavy atom. The molecule has 0 aromatic heterocycles. The molecule has 0 fully saturated rings. The van der Waals surface area contributed by atoms with Crippen LogP contribution in [0.25, 0.3) is 0 Å². The van der Waals surface area contributed by atoms with Gasteiger partial charge in [0.2, 0.25) is 31.9 Å². The highest BCUT2D eigenvalue weighted by Crippen LogP contribution is 2.55. The topological polar surface area (TPSA) is 125 Å². The van der Waals surface area contributed by atoms with Crippen molar-refractivity contribution in [1.82, 2.24) is 0 Å². The molecule has 0 unspecified atom stereocenters. The van der Waals surface area contributed by atoms with Gasteiger partial charge in [0.1, 0.15) is 5.75 Å². The molecule has 0 N–H and O–H groups in total. The van der Waals surface area contributed by atoms with Crippen LogP contribution in [0, 0.1) is 6.92 Å². The van der Waals surface area contributed by atoms with Gasteiger partial charge in [-0.05, 0) is 42.8 Å². The smallest absolute Gasteiger partial charge is 0.231 e. The van der Waals surface area contributed by atoms with Gasteiger partial charge in [0.15, 0.2) is 55.9 Å². The molecule has 3 aliphatic heterocycles. The number of halogens is 3. The molecule has 0 bridgehead atoms. The fourth-order valence-corrected chi connectivity index (χ4v) is 19.7. The first-order valence-corrected chi connectivity index (χ1v) is 32.0. The van der Waals surface area contributed by atoms with Crippen molar-refractivity contribution in [2.45, 2.75) is 6.92 Å². The van der Waals surface area contributed by atoms with E-state index in [1.807, 2.05) is 225 Å². The zero-order valence-corrected chi connectivity index (χ0v) is 49.0. The van der Waals surface area contributed by atoms with E-state index in [1.165, 1.54) is 7.11 Å². The van der Waals surface area contributed by atoms with Crippen LogP contribution in [-0.2, 0) is 13.7 Å². The molecule has 11 nitrogen and oxygen atoms in total. The fraction of sp³-hybridized carbons (Fsp3) is 0.0769. The highest BCUT2D eigenvalue weighted by Gasteiger charge is 2.40. The van der Waals surface area contributed by atoms with Crippen LogP contribution in [-0.4, -0.2) is 27.5 Å². The van der Waals surface area contributed by atoms with E-state index in [0.717, 1.165) is 16.2 Å².